The number of ether oxygens (including phenoxy) is 1. The predicted octanol–water partition coefficient (Wildman–Crippen LogP) is 3.79. The van der Waals surface area contributed by atoms with Gasteiger partial charge in [-0.3, -0.25) is 9.59 Å². The molecular weight excluding hydrogens is 352 g/mol. The molecule has 1 atom stereocenters. The molecule has 0 spiro atoms. The predicted molar refractivity (Wildman–Crippen MR) is 111 cm³/mol. The molecule has 0 heterocycles. The first-order chi connectivity index (χ1) is 13.5. The molecular formula is C23H30N2O3. The number of hydrogen-bond donors (Lipinski definition) is 1. The molecule has 28 heavy (non-hydrogen) atoms. The normalized spacial score (nSPS) is 11.7. The van der Waals surface area contributed by atoms with Gasteiger partial charge in [0.2, 0.25) is 11.8 Å². The van der Waals surface area contributed by atoms with Crippen LogP contribution in [0.2, 0.25) is 0 Å². The topological polar surface area (TPSA) is 58.6 Å². The lowest BCUT2D eigenvalue weighted by molar-refractivity contribution is -0.141. The van der Waals surface area contributed by atoms with Crippen LogP contribution in [0.25, 0.3) is 0 Å². The fourth-order valence-electron chi connectivity index (χ4n) is 2.84. The van der Waals surface area contributed by atoms with E-state index in [-0.39, 0.29) is 17.9 Å². The number of rotatable bonds is 10. The van der Waals surface area contributed by atoms with Crippen LogP contribution in [0.15, 0.2) is 60.7 Å². The molecule has 2 aromatic rings. The molecule has 0 fully saturated rings. The minimum Gasteiger partial charge on any atom is -0.494 e. The van der Waals surface area contributed by atoms with Crippen molar-refractivity contribution >= 4 is 11.8 Å². The summed E-state index contributed by atoms with van der Waals surface area (Å²) >= 11 is 0. The average molecular weight is 383 g/mol. The van der Waals surface area contributed by atoms with E-state index in [2.05, 4.69) is 5.32 Å². The molecule has 2 aromatic carbocycles. The molecule has 0 saturated heterocycles. The molecule has 2 amide bonds. The molecule has 2 rings (SSSR count). The molecule has 0 bridgehead atoms. The first-order valence-corrected chi connectivity index (χ1v) is 9.79. The van der Waals surface area contributed by atoms with Gasteiger partial charge in [0.25, 0.3) is 0 Å². The zero-order valence-corrected chi connectivity index (χ0v) is 16.9. The van der Waals surface area contributed by atoms with Crippen molar-refractivity contribution in [2.45, 2.75) is 52.2 Å². The van der Waals surface area contributed by atoms with E-state index in [0.29, 0.717) is 26.0 Å². The van der Waals surface area contributed by atoms with Gasteiger partial charge in [-0.2, -0.15) is 0 Å². The van der Waals surface area contributed by atoms with Gasteiger partial charge in [-0.25, -0.2) is 0 Å². The van der Waals surface area contributed by atoms with E-state index in [9.17, 15) is 9.59 Å². The van der Waals surface area contributed by atoms with Crippen LogP contribution < -0.4 is 10.1 Å². The van der Waals surface area contributed by atoms with Crippen molar-refractivity contribution in [1.29, 1.82) is 0 Å². The Bertz CT molecular complexity index is 732. The summed E-state index contributed by atoms with van der Waals surface area (Å²) in [4.78, 5) is 27.0. The Morgan fingerprint density at radius 1 is 0.964 bits per heavy atom. The highest BCUT2D eigenvalue weighted by Crippen LogP contribution is 2.13. The number of hydrogen-bond acceptors (Lipinski definition) is 3. The SMILES string of the molecule is CC(C)NC(=O)[C@H](C)N(Cc1ccccc1)C(=O)CCCOc1ccccc1. The highest BCUT2D eigenvalue weighted by atomic mass is 16.5. The van der Waals surface area contributed by atoms with Crippen LogP contribution in [0.3, 0.4) is 0 Å². The van der Waals surface area contributed by atoms with Crippen LogP contribution in [-0.2, 0) is 16.1 Å². The van der Waals surface area contributed by atoms with E-state index in [1.165, 1.54) is 0 Å². The Labute approximate surface area is 167 Å². The van der Waals surface area contributed by atoms with Crippen LogP contribution in [0.4, 0.5) is 0 Å². The van der Waals surface area contributed by atoms with Gasteiger partial charge in [0.1, 0.15) is 11.8 Å². The van der Waals surface area contributed by atoms with Crippen LogP contribution in [0.1, 0.15) is 39.2 Å². The number of carbonyl (C=O) groups excluding carboxylic acids is 2. The summed E-state index contributed by atoms with van der Waals surface area (Å²) in [6.45, 7) is 6.47. The first kappa shape index (κ1) is 21.5. The molecule has 0 unspecified atom stereocenters. The summed E-state index contributed by atoms with van der Waals surface area (Å²) in [5.74, 6) is 0.604. The molecule has 0 aliphatic heterocycles. The fraction of sp³-hybridized carbons (Fsp3) is 0.391. The van der Waals surface area contributed by atoms with E-state index < -0.39 is 6.04 Å². The molecule has 1 N–H and O–H groups in total. The molecule has 0 aliphatic carbocycles. The second-order valence-corrected chi connectivity index (χ2v) is 7.11. The molecule has 150 valence electrons. The van der Waals surface area contributed by atoms with Gasteiger partial charge in [0.15, 0.2) is 0 Å². The third-order valence-corrected chi connectivity index (χ3v) is 4.34. The van der Waals surface area contributed by atoms with Gasteiger partial charge in [-0.05, 0) is 44.9 Å². The van der Waals surface area contributed by atoms with Crippen molar-refractivity contribution in [3.8, 4) is 5.75 Å². The number of carbonyl (C=O) groups is 2. The Hall–Kier alpha value is -2.82. The summed E-state index contributed by atoms with van der Waals surface area (Å²) in [5, 5.41) is 2.89. The van der Waals surface area contributed by atoms with Crippen LogP contribution in [0.5, 0.6) is 5.75 Å². The standard InChI is InChI=1S/C23H30N2O3/c1-18(2)24-23(27)19(3)25(17-20-11-6-4-7-12-20)22(26)15-10-16-28-21-13-8-5-9-14-21/h4-9,11-14,18-19H,10,15-17H2,1-3H3,(H,24,27)/t19-/m0/s1. The number of amides is 2. The van der Waals surface area contributed by atoms with Crippen LogP contribution >= 0.6 is 0 Å². The van der Waals surface area contributed by atoms with E-state index in [4.69, 9.17) is 4.74 Å². The third kappa shape index (κ3) is 7.06. The first-order valence-electron chi connectivity index (χ1n) is 9.79. The Kier molecular flexibility index (Phi) is 8.53. The van der Waals surface area contributed by atoms with Crippen molar-refractivity contribution in [2.75, 3.05) is 6.61 Å². The Morgan fingerprint density at radius 3 is 2.18 bits per heavy atom. The van der Waals surface area contributed by atoms with Crippen molar-refractivity contribution in [2.24, 2.45) is 0 Å². The molecule has 5 nitrogen and oxygen atoms in total. The lowest BCUT2D eigenvalue weighted by Crippen LogP contribution is -2.49. The van der Waals surface area contributed by atoms with Gasteiger partial charge >= 0.3 is 0 Å². The lowest BCUT2D eigenvalue weighted by atomic mass is 10.1. The van der Waals surface area contributed by atoms with Crippen molar-refractivity contribution in [3.63, 3.8) is 0 Å². The number of nitrogens with zero attached hydrogens (tertiary/aromatic N) is 1. The smallest absolute Gasteiger partial charge is 0.242 e. The fourth-order valence-corrected chi connectivity index (χ4v) is 2.84. The van der Waals surface area contributed by atoms with Gasteiger partial charge in [0, 0.05) is 19.0 Å². The van der Waals surface area contributed by atoms with Crippen molar-refractivity contribution < 1.29 is 14.3 Å². The summed E-state index contributed by atoms with van der Waals surface area (Å²) < 4.78 is 5.66. The third-order valence-electron chi connectivity index (χ3n) is 4.34. The minimum atomic E-state index is -0.537. The quantitative estimate of drug-likeness (QED) is 0.636. The summed E-state index contributed by atoms with van der Waals surface area (Å²) in [6.07, 6.45) is 0.927. The van der Waals surface area contributed by atoms with Gasteiger partial charge in [-0.1, -0.05) is 48.5 Å². The highest BCUT2D eigenvalue weighted by Gasteiger charge is 2.26. The summed E-state index contributed by atoms with van der Waals surface area (Å²) in [7, 11) is 0. The van der Waals surface area contributed by atoms with Crippen LogP contribution in [0, 0.1) is 0 Å². The molecule has 0 saturated carbocycles. The highest BCUT2D eigenvalue weighted by molar-refractivity contribution is 5.87. The zero-order chi connectivity index (χ0) is 20.4. The zero-order valence-electron chi connectivity index (χ0n) is 16.9. The molecule has 0 radical (unpaired) electrons. The van der Waals surface area contributed by atoms with Crippen LogP contribution in [-0.4, -0.2) is 35.4 Å². The van der Waals surface area contributed by atoms with Gasteiger partial charge < -0.3 is 15.0 Å². The van der Waals surface area contributed by atoms with Gasteiger partial charge in [-0.15, -0.1) is 0 Å². The number of benzene rings is 2. The summed E-state index contributed by atoms with van der Waals surface area (Å²) in [5.41, 5.74) is 1.00. The monoisotopic (exact) mass is 382 g/mol. The average Bonchev–Trinajstić information content (AvgIpc) is 2.70. The van der Waals surface area contributed by atoms with E-state index in [1.54, 1.807) is 11.8 Å². The largest absolute Gasteiger partial charge is 0.494 e. The maximum absolute atomic E-state index is 12.9. The molecule has 0 aromatic heterocycles. The van der Waals surface area contributed by atoms with E-state index >= 15 is 0 Å². The maximum Gasteiger partial charge on any atom is 0.242 e. The number of para-hydroxylation sites is 1. The van der Waals surface area contributed by atoms with E-state index in [0.717, 1.165) is 11.3 Å². The van der Waals surface area contributed by atoms with Gasteiger partial charge in [0.05, 0.1) is 6.61 Å². The van der Waals surface area contributed by atoms with E-state index in [1.807, 2.05) is 74.5 Å². The molecule has 0 aliphatic rings. The maximum atomic E-state index is 12.9. The number of nitrogens with one attached hydrogen (secondary N) is 1. The second kappa shape index (κ2) is 11.1. The van der Waals surface area contributed by atoms with Crippen molar-refractivity contribution in [3.05, 3.63) is 66.2 Å². The molecule has 5 heteroatoms. The van der Waals surface area contributed by atoms with Crippen molar-refractivity contribution in [1.82, 2.24) is 10.2 Å². The summed E-state index contributed by atoms with van der Waals surface area (Å²) in [6, 6.07) is 18.8. The Balaban J connectivity index is 1.96. The Morgan fingerprint density at radius 2 is 1.57 bits per heavy atom. The second-order valence-electron chi connectivity index (χ2n) is 7.11. The minimum absolute atomic E-state index is 0.0305. The lowest BCUT2D eigenvalue weighted by Gasteiger charge is -2.29.